The lowest BCUT2D eigenvalue weighted by Gasteiger charge is -2.37. The lowest BCUT2D eigenvalue weighted by atomic mass is 9.88. The van der Waals surface area contributed by atoms with Crippen molar-refractivity contribution < 1.29 is 9.84 Å². The van der Waals surface area contributed by atoms with Gasteiger partial charge in [-0.3, -0.25) is 0 Å². The number of hydrogen-bond donors (Lipinski definition) is 2. The minimum Gasteiger partial charge on any atom is -0.395 e. The first-order chi connectivity index (χ1) is 7.84. The molecule has 2 aromatic heterocycles. The van der Waals surface area contributed by atoms with Crippen molar-refractivity contribution in [3.05, 3.63) is 28.7 Å². The zero-order chi connectivity index (χ0) is 11.0. The summed E-state index contributed by atoms with van der Waals surface area (Å²) in [5.41, 5.74) is 1.69. The van der Waals surface area contributed by atoms with E-state index in [1.165, 1.54) is 0 Å². The summed E-state index contributed by atoms with van der Waals surface area (Å²) in [7, 11) is 0. The van der Waals surface area contributed by atoms with Crippen molar-refractivity contribution in [2.75, 3.05) is 19.8 Å². The van der Waals surface area contributed by atoms with Crippen LogP contribution in [0.1, 0.15) is 5.01 Å². The van der Waals surface area contributed by atoms with Gasteiger partial charge in [-0.15, -0.1) is 11.3 Å². The minimum atomic E-state index is -0.254. The standard InChI is InChI=1S/C11H12N2O2S/c14-5-11(6-15-7-11)10-13-9(4-16-10)8-2-1-3-12-8/h1-4,12,14H,5-7H2. The van der Waals surface area contributed by atoms with E-state index >= 15 is 0 Å². The lowest BCUT2D eigenvalue weighted by molar-refractivity contribution is -0.0841. The van der Waals surface area contributed by atoms with Crippen LogP contribution in [0.15, 0.2) is 23.7 Å². The maximum atomic E-state index is 9.41. The fourth-order valence-corrected chi connectivity index (χ4v) is 2.75. The van der Waals surface area contributed by atoms with Crippen molar-refractivity contribution in [1.29, 1.82) is 0 Å². The summed E-state index contributed by atoms with van der Waals surface area (Å²) in [5, 5.41) is 12.4. The third-order valence-electron chi connectivity index (χ3n) is 2.89. The van der Waals surface area contributed by atoms with Crippen LogP contribution in [-0.4, -0.2) is 34.9 Å². The number of nitrogens with zero attached hydrogens (tertiary/aromatic N) is 1. The molecule has 2 aromatic rings. The van der Waals surface area contributed by atoms with Gasteiger partial charge in [0.2, 0.25) is 0 Å². The van der Waals surface area contributed by atoms with Crippen molar-refractivity contribution in [2.24, 2.45) is 0 Å². The third-order valence-corrected chi connectivity index (χ3v) is 3.98. The Morgan fingerprint density at radius 2 is 2.44 bits per heavy atom. The van der Waals surface area contributed by atoms with Crippen LogP contribution >= 0.6 is 11.3 Å². The molecular formula is C11H12N2O2S. The highest BCUT2D eigenvalue weighted by Gasteiger charge is 2.42. The number of aromatic nitrogens is 2. The van der Waals surface area contributed by atoms with Gasteiger partial charge in [-0.1, -0.05) is 0 Å². The zero-order valence-corrected chi connectivity index (χ0v) is 9.46. The zero-order valence-electron chi connectivity index (χ0n) is 8.64. The molecule has 0 atom stereocenters. The largest absolute Gasteiger partial charge is 0.395 e. The molecule has 3 rings (SSSR count). The van der Waals surface area contributed by atoms with Crippen LogP contribution in [0.5, 0.6) is 0 Å². The molecule has 0 radical (unpaired) electrons. The van der Waals surface area contributed by atoms with Crippen molar-refractivity contribution in [2.45, 2.75) is 5.41 Å². The minimum absolute atomic E-state index is 0.102. The molecule has 0 spiro atoms. The summed E-state index contributed by atoms with van der Waals surface area (Å²) in [6, 6.07) is 3.93. The molecule has 0 amide bonds. The van der Waals surface area contributed by atoms with E-state index < -0.39 is 0 Å². The number of nitrogens with one attached hydrogen (secondary N) is 1. The first-order valence-corrected chi connectivity index (χ1v) is 6.00. The quantitative estimate of drug-likeness (QED) is 0.847. The topological polar surface area (TPSA) is 58.1 Å². The first-order valence-electron chi connectivity index (χ1n) is 5.12. The predicted octanol–water partition coefficient (Wildman–Crippen LogP) is 1.40. The highest BCUT2D eigenvalue weighted by atomic mass is 32.1. The summed E-state index contributed by atoms with van der Waals surface area (Å²) in [5.74, 6) is 0. The molecule has 4 nitrogen and oxygen atoms in total. The number of rotatable bonds is 3. The van der Waals surface area contributed by atoms with Crippen LogP contribution in [-0.2, 0) is 10.2 Å². The van der Waals surface area contributed by atoms with Gasteiger partial charge in [0.25, 0.3) is 0 Å². The summed E-state index contributed by atoms with van der Waals surface area (Å²) < 4.78 is 5.18. The predicted molar refractivity (Wildman–Crippen MR) is 61.5 cm³/mol. The number of ether oxygens (including phenoxy) is 1. The monoisotopic (exact) mass is 236 g/mol. The van der Waals surface area contributed by atoms with Crippen molar-refractivity contribution in [3.8, 4) is 11.4 Å². The Bertz CT molecular complexity index is 468. The second kappa shape index (κ2) is 3.69. The molecule has 0 unspecified atom stereocenters. The Morgan fingerprint density at radius 1 is 1.56 bits per heavy atom. The van der Waals surface area contributed by atoms with Gasteiger partial charge in [0.1, 0.15) is 5.01 Å². The molecule has 3 heterocycles. The molecule has 1 aliphatic rings. The SMILES string of the molecule is OCC1(c2nc(-c3ccc[nH]3)cs2)COC1. The number of aliphatic hydroxyl groups is 1. The van der Waals surface area contributed by atoms with E-state index in [9.17, 15) is 5.11 Å². The van der Waals surface area contributed by atoms with Crippen LogP contribution in [0.25, 0.3) is 11.4 Å². The molecule has 1 fully saturated rings. The van der Waals surface area contributed by atoms with Gasteiger partial charge in [0, 0.05) is 11.6 Å². The Balaban J connectivity index is 1.93. The molecule has 1 saturated heterocycles. The van der Waals surface area contributed by atoms with Gasteiger partial charge in [-0.25, -0.2) is 4.98 Å². The maximum absolute atomic E-state index is 9.41. The molecule has 1 aliphatic heterocycles. The van der Waals surface area contributed by atoms with E-state index in [1.54, 1.807) is 11.3 Å². The lowest BCUT2D eigenvalue weighted by Crippen LogP contribution is -2.49. The number of H-pyrrole nitrogens is 1. The molecule has 16 heavy (non-hydrogen) atoms. The third kappa shape index (κ3) is 1.40. The van der Waals surface area contributed by atoms with E-state index in [4.69, 9.17) is 4.74 Å². The fourth-order valence-electron chi connectivity index (χ4n) is 1.76. The highest BCUT2D eigenvalue weighted by Crippen LogP contribution is 2.35. The van der Waals surface area contributed by atoms with Crippen LogP contribution in [0, 0.1) is 0 Å². The average molecular weight is 236 g/mol. The summed E-state index contributed by atoms with van der Waals surface area (Å²) in [6.07, 6.45) is 1.88. The number of aromatic amines is 1. The van der Waals surface area contributed by atoms with Gasteiger partial charge >= 0.3 is 0 Å². The Morgan fingerprint density at radius 3 is 3.00 bits per heavy atom. The molecule has 0 bridgehead atoms. The molecule has 0 aliphatic carbocycles. The van der Waals surface area contributed by atoms with Gasteiger partial charge < -0.3 is 14.8 Å². The smallest absolute Gasteiger partial charge is 0.106 e. The maximum Gasteiger partial charge on any atom is 0.106 e. The number of thiazole rings is 1. The number of aliphatic hydroxyl groups excluding tert-OH is 1. The molecule has 2 N–H and O–H groups in total. The number of hydrogen-bond acceptors (Lipinski definition) is 4. The van der Waals surface area contributed by atoms with Crippen LogP contribution in [0.4, 0.5) is 0 Å². The van der Waals surface area contributed by atoms with E-state index in [0.717, 1.165) is 16.4 Å². The molecule has 0 saturated carbocycles. The summed E-state index contributed by atoms with van der Waals surface area (Å²) >= 11 is 1.58. The average Bonchev–Trinajstić information content (AvgIpc) is 2.86. The van der Waals surface area contributed by atoms with Crippen molar-refractivity contribution in [1.82, 2.24) is 9.97 Å². The Kier molecular flexibility index (Phi) is 2.31. The van der Waals surface area contributed by atoms with E-state index in [-0.39, 0.29) is 12.0 Å². The van der Waals surface area contributed by atoms with E-state index in [2.05, 4.69) is 9.97 Å². The van der Waals surface area contributed by atoms with E-state index in [1.807, 2.05) is 23.7 Å². The van der Waals surface area contributed by atoms with E-state index in [0.29, 0.717) is 13.2 Å². The van der Waals surface area contributed by atoms with Crippen molar-refractivity contribution in [3.63, 3.8) is 0 Å². The Labute approximate surface area is 96.9 Å². The first kappa shape index (κ1) is 10.0. The molecular weight excluding hydrogens is 224 g/mol. The fraction of sp³-hybridized carbons (Fsp3) is 0.364. The molecule has 0 aromatic carbocycles. The van der Waals surface area contributed by atoms with Crippen LogP contribution in [0.3, 0.4) is 0 Å². The van der Waals surface area contributed by atoms with Gasteiger partial charge in [0.15, 0.2) is 0 Å². The molecule has 84 valence electrons. The van der Waals surface area contributed by atoms with Gasteiger partial charge in [-0.05, 0) is 12.1 Å². The normalized spacial score (nSPS) is 18.3. The highest BCUT2D eigenvalue weighted by molar-refractivity contribution is 7.10. The van der Waals surface area contributed by atoms with Crippen LogP contribution < -0.4 is 0 Å². The summed E-state index contributed by atoms with van der Waals surface area (Å²) in [6.45, 7) is 1.24. The van der Waals surface area contributed by atoms with Gasteiger partial charge in [0.05, 0.1) is 36.6 Å². The molecule has 5 heteroatoms. The van der Waals surface area contributed by atoms with Crippen LogP contribution in [0.2, 0.25) is 0 Å². The Hall–Kier alpha value is -1.17. The second-order valence-electron chi connectivity index (χ2n) is 4.05. The van der Waals surface area contributed by atoms with Crippen molar-refractivity contribution >= 4 is 11.3 Å². The second-order valence-corrected chi connectivity index (χ2v) is 4.91. The summed E-state index contributed by atoms with van der Waals surface area (Å²) in [4.78, 5) is 7.69. The van der Waals surface area contributed by atoms with Gasteiger partial charge in [-0.2, -0.15) is 0 Å².